The maximum Gasteiger partial charge on any atom is 0.267 e. The average Bonchev–Trinajstić information content (AvgIpc) is 3.00. The molecule has 3 heterocycles. The van der Waals surface area contributed by atoms with Crippen molar-refractivity contribution in [3.63, 3.8) is 0 Å². The molecule has 21 heavy (non-hydrogen) atoms. The Morgan fingerprint density at radius 1 is 1.43 bits per heavy atom. The zero-order chi connectivity index (χ0) is 15.0. The van der Waals surface area contributed by atoms with Crippen molar-refractivity contribution in [2.45, 2.75) is 20.4 Å². The Morgan fingerprint density at radius 3 is 2.95 bits per heavy atom. The number of hydrogen-bond donors (Lipinski definition) is 1. The first kappa shape index (κ1) is 13.4. The summed E-state index contributed by atoms with van der Waals surface area (Å²) in [6.07, 6.45) is 1.25. The molecule has 0 saturated heterocycles. The van der Waals surface area contributed by atoms with Crippen molar-refractivity contribution >= 4 is 33.5 Å². The molecule has 0 saturated carbocycles. The number of fused-ring (bicyclic) bond motifs is 1. The molecule has 0 aliphatic carbocycles. The predicted octanol–water partition coefficient (Wildman–Crippen LogP) is 0.492. The van der Waals surface area contributed by atoms with Crippen LogP contribution in [-0.2, 0) is 11.3 Å². The van der Waals surface area contributed by atoms with E-state index in [4.69, 9.17) is 4.52 Å². The fourth-order valence-electron chi connectivity index (χ4n) is 1.78. The Balaban J connectivity index is 1.84. The van der Waals surface area contributed by atoms with Crippen LogP contribution < -0.4 is 10.9 Å². The smallest absolute Gasteiger partial charge is 0.267 e. The van der Waals surface area contributed by atoms with Crippen LogP contribution in [-0.4, -0.2) is 30.8 Å². The number of aromatic nitrogens is 5. The molecule has 10 heteroatoms. The first-order valence-electron chi connectivity index (χ1n) is 5.96. The van der Waals surface area contributed by atoms with E-state index in [-0.39, 0.29) is 29.1 Å². The van der Waals surface area contributed by atoms with Gasteiger partial charge in [-0.3, -0.25) is 19.5 Å². The molecule has 1 N–H and O–H groups in total. The largest absolute Gasteiger partial charge is 0.335 e. The van der Waals surface area contributed by atoms with Crippen LogP contribution in [0.25, 0.3) is 11.1 Å². The van der Waals surface area contributed by atoms with Crippen LogP contribution >= 0.6 is 11.3 Å². The summed E-state index contributed by atoms with van der Waals surface area (Å²) in [7, 11) is 0. The second kappa shape index (κ2) is 5.05. The molecule has 0 spiro atoms. The van der Waals surface area contributed by atoms with Crippen molar-refractivity contribution in [3.8, 4) is 0 Å². The van der Waals surface area contributed by atoms with Gasteiger partial charge in [-0.2, -0.15) is 0 Å². The third-order valence-corrected chi connectivity index (χ3v) is 3.47. The highest BCUT2D eigenvalue weighted by molar-refractivity contribution is 7.15. The van der Waals surface area contributed by atoms with E-state index >= 15 is 0 Å². The van der Waals surface area contributed by atoms with E-state index in [1.165, 1.54) is 22.2 Å². The van der Waals surface area contributed by atoms with Gasteiger partial charge in [0.2, 0.25) is 11.0 Å². The Bertz CT molecular complexity index is 880. The van der Waals surface area contributed by atoms with Crippen LogP contribution in [0.2, 0.25) is 0 Å². The predicted molar refractivity (Wildman–Crippen MR) is 74.1 cm³/mol. The van der Waals surface area contributed by atoms with Crippen LogP contribution in [0.4, 0.5) is 5.13 Å². The lowest BCUT2D eigenvalue weighted by Gasteiger charge is -2.04. The molecule has 3 aromatic heterocycles. The summed E-state index contributed by atoms with van der Waals surface area (Å²) in [6, 6.07) is 0. The van der Waals surface area contributed by atoms with Crippen molar-refractivity contribution in [1.82, 2.24) is 24.9 Å². The second-order valence-corrected chi connectivity index (χ2v) is 5.48. The zero-order valence-corrected chi connectivity index (χ0v) is 12.0. The molecular weight excluding hydrogens is 296 g/mol. The lowest BCUT2D eigenvalue weighted by Crippen LogP contribution is -2.27. The molecule has 0 fully saturated rings. The molecule has 0 unspecified atom stereocenters. The molecule has 0 aliphatic rings. The SMILES string of the molecule is Cc1nnc(NC(=O)Cn2cnc3onc(C)c3c2=O)s1. The molecule has 0 atom stereocenters. The van der Waals surface area contributed by atoms with Crippen molar-refractivity contribution in [3.05, 3.63) is 27.4 Å². The highest BCUT2D eigenvalue weighted by Crippen LogP contribution is 2.13. The third-order valence-electron chi connectivity index (χ3n) is 2.72. The highest BCUT2D eigenvalue weighted by Gasteiger charge is 2.14. The van der Waals surface area contributed by atoms with Gasteiger partial charge in [-0.25, -0.2) is 4.98 Å². The topological polar surface area (TPSA) is 116 Å². The Labute approximate surface area is 121 Å². The number of amides is 1. The van der Waals surface area contributed by atoms with Gasteiger partial charge in [-0.1, -0.05) is 16.5 Å². The summed E-state index contributed by atoms with van der Waals surface area (Å²) in [5.74, 6) is -0.386. The maximum atomic E-state index is 12.2. The molecule has 9 nitrogen and oxygen atoms in total. The molecule has 3 aromatic rings. The summed E-state index contributed by atoms with van der Waals surface area (Å²) in [6.45, 7) is 3.25. The molecule has 1 amide bonds. The van der Waals surface area contributed by atoms with Gasteiger partial charge in [-0.05, 0) is 13.8 Å². The van der Waals surface area contributed by atoms with E-state index in [0.717, 1.165) is 5.01 Å². The monoisotopic (exact) mass is 306 g/mol. The fraction of sp³-hybridized carbons (Fsp3) is 0.273. The van der Waals surface area contributed by atoms with Crippen LogP contribution in [0.3, 0.4) is 0 Å². The Morgan fingerprint density at radius 2 is 2.24 bits per heavy atom. The van der Waals surface area contributed by atoms with E-state index in [9.17, 15) is 9.59 Å². The number of aryl methyl sites for hydroxylation is 2. The summed E-state index contributed by atoms with van der Waals surface area (Å²) in [5.41, 5.74) is 0.230. The summed E-state index contributed by atoms with van der Waals surface area (Å²) in [4.78, 5) is 28.1. The van der Waals surface area contributed by atoms with Gasteiger partial charge in [0.15, 0.2) is 0 Å². The summed E-state index contributed by atoms with van der Waals surface area (Å²) < 4.78 is 6.09. The average molecular weight is 306 g/mol. The minimum atomic E-state index is -0.386. The maximum absolute atomic E-state index is 12.2. The van der Waals surface area contributed by atoms with Crippen LogP contribution in [0, 0.1) is 13.8 Å². The van der Waals surface area contributed by atoms with E-state index in [1.807, 2.05) is 0 Å². The molecule has 0 aliphatic heterocycles. The zero-order valence-electron chi connectivity index (χ0n) is 11.2. The van der Waals surface area contributed by atoms with Gasteiger partial charge in [0, 0.05) is 0 Å². The molecule has 108 valence electrons. The van der Waals surface area contributed by atoms with Crippen molar-refractivity contribution in [2.24, 2.45) is 0 Å². The highest BCUT2D eigenvalue weighted by atomic mass is 32.1. The third kappa shape index (κ3) is 2.52. The first-order chi connectivity index (χ1) is 10.0. The molecule has 0 radical (unpaired) electrons. The number of anilines is 1. The number of nitrogens with zero attached hydrogens (tertiary/aromatic N) is 5. The van der Waals surface area contributed by atoms with Crippen LogP contribution in [0.15, 0.2) is 15.6 Å². The van der Waals surface area contributed by atoms with E-state index < -0.39 is 0 Å². The molecular formula is C11H10N6O3S. The lowest BCUT2D eigenvalue weighted by atomic mass is 10.3. The second-order valence-electron chi connectivity index (χ2n) is 4.30. The van der Waals surface area contributed by atoms with Gasteiger partial charge >= 0.3 is 0 Å². The van der Waals surface area contributed by atoms with Gasteiger partial charge in [0.05, 0.1) is 5.69 Å². The number of hydrogen-bond acceptors (Lipinski definition) is 8. The van der Waals surface area contributed by atoms with E-state index in [1.54, 1.807) is 13.8 Å². The number of carbonyl (C=O) groups excluding carboxylic acids is 1. The van der Waals surface area contributed by atoms with Gasteiger partial charge in [-0.15, -0.1) is 10.2 Å². The van der Waals surface area contributed by atoms with Gasteiger partial charge in [0.25, 0.3) is 11.3 Å². The standard InChI is InChI=1S/C11H10N6O3S/c1-5-8-9(20-16-5)12-4-17(10(8)19)3-7(18)13-11-15-14-6(2)21-11/h4H,3H2,1-2H3,(H,13,15,18). The normalized spacial score (nSPS) is 11.0. The van der Waals surface area contributed by atoms with Crippen LogP contribution in [0.1, 0.15) is 10.7 Å². The fourth-order valence-corrected chi connectivity index (χ4v) is 2.39. The number of rotatable bonds is 3. The Hall–Kier alpha value is -2.62. The molecule has 0 aromatic carbocycles. The summed E-state index contributed by atoms with van der Waals surface area (Å²) in [5, 5.41) is 15.2. The van der Waals surface area contributed by atoms with Crippen molar-refractivity contribution in [2.75, 3.05) is 5.32 Å². The first-order valence-corrected chi connectivity index (χ1v) is 6.77. The van der Waals surface area contributed by atoms with Crippen molar-refractivity contribution in [1.29, 1.82) is 0 Å². The minimum Gasteiger partial charge on any atom is -0.335 e. The minimum absolute atomic E-state index is 0.161. The number of nitrogens with one attached hydrogen (secondary N) is 1. The van der Waals surface area contributed by atoms with Gasteiger partial charge < -0.3 is 4.52 Å². The molecule has 0 bridgehead atoms. The van der Waals surface area contributed by atoms with E-state index in [2.05, 4.69) is 25.7 Å². The van der Waals surface area contributed by atoms with Gasteiger partial charge in [0.1, 0.15) is 23.3 Å². The molecule has 3 rings (SSSR count). The number of carbonyl (C=O) groups is 1. The summed E-state index contributed by atoms with van der Waals surface area (Å²) >= 11 is 1.26. The van der Waals surface area contributed by atoms with Crippen molar-refractivity contribution < 1.29 is 9.32 Å². The van der Waals surface area contributed by atoms with E-state index in [0.29, 0.717) is 10.8 Å². The van der Waals surface area contributed by atoms with Crippen LogP contribution in [0.5, 0.6) is 0 Å². The lowest BCUT2D eigenvalue weighted by molar-refractivity contribution is -0.116. The quantitative estimate of drug-likeness (QED) is 0.748. The Kier molecular flexibility index (Phi) is 3.22.